The lowest BCUT2D eigenvalue weighted by Gasteiger charge is -2.09. The summed E-state index contributed by atoms with van der Waals surface area (Å²) in [5.74, 6) is 0. The van der Waals surface area contributed by atoms with E-state index in [1.54, 1.807) is 0 Å². The summed E-state index contributed by atoms with van der Waals surface area (Å²) in [6.45, 7) is 5.85. The molecule has 0 rings (SSSR count). The molecule has 0 heterocycles. The summed E-state index contributed by atoms with van der Waals surface area (Å²) in [7, 11) is 0. The van der Waals surface area contributed by atoms with Crippen LogP contribution in [0.2, 0.25) is 0 Å². The summed E-state index contributed by atoms with van der Waals surface area (Å²) in [6, 6.07) is 0. The maximum atomic E-state index is 5.57. The van der Waals surface area contributed by atoms with E-state index in [1.807, 2.05) is 6.92 Å². The summed E-state index contributed by atoms with van der Waals surface area (Å²) >= 11 is 0. The van der Waals surface area contributed by atoms with Gasteiger partial charge in [0, 0.05) is 13.2 Å². The Labute approximate surface area is 134 Å². The van der Waals surface area contributed by atoms with E-state index in [0.717, 1.165) is 6.61 Å². The van der Waals surface area contributed by atoms with Crippen molar-refractivity contribution in [1.82, 2.24) is 0 Å². The number of hydrogen-bond donors (Lipinski definition) is 1. The quantitative estimate of drug-likeness (QED) is 0.343. The van der Waals surface area contributed by atoms with Gasteiger partial charge in [0.25, 0.3) is 0 Å². The molecule has 2 N–H and O–H groups in total. The van der Waals surface area contributed by atoms with E-state index in [4.69, 9.17) is 10.5 Å². The van der Waals surface area contributed by atoms with Gasteiger partial charge in [0.05, 0.1) is 6.10 Å². The molecule has 0 aliphatic carbocycles. The fraction of sp³-hybridized carbons (Fsp3) is 1.00. The van der Waals surface area contributed by atoms with E-state index >= 15 is 0 Å². The lowest BCUT2D eigenvalue weighted by atomic mass is 10.0. The first kappa shape index (κ1) is 20.9. The number of ether oxygens (including phenoxy) is 1. The number of nitrogens with two attached hydrogens (primary N) is 1. The second-order valence-electron chi connectivity index (χ2n) is 6.51. The van der Waals surface area contributed by atoms with Crippen molar-refractivity contribution in [2.24, 2.45) is 5.73 Å². The Balaban J connectivity index is 2.96. The lowest BCUT2D eigenvalue weighted by molar-refractivity contribution is 0.0689. The second kappa shape index (κ2) is 18.0. The third-order valence-electron chi connectivity index (χ3n) is 4.23. The van der Waals surface area contributed by atoms with Crippen molar-refractivity contribution < 1.29 is 4.74 Å². The predicted octanol–water partition coefficient (Wildman–Crippen LogP) is 5.83. The van der Waals surface area contributed by atoms with Gasteiger partial charge in [-0.15, -0.1) is 0 Å². The third kappa shape index (κ3) is 17.9. The molecule has 0 aromatic heterocycles. The first-order valence-electron chi connectivity index (χ1n) is 9.63. The van der Waals surface area contributed by atoms with Crippen LogP contribution in [0.25, 0.3) is 0 Å². The third-order valence-corrected chi connectivity index (χ3v) is 4.23. The zero-order valence-electron chi connectivity index (χ0n) is 14.9. The van der Waals surface area contributed by atoms with Gasteiger partial charge in [-0.25, -0.2) is 0 Å². The SMILES string of the molecule is CCCCCCCCCCCCCCCCOC(C)CN. The largest absolute Gasteiger partial charge is 0.377 e. The average Bonchev–Trinajstić information content (AvgIpc) is 2.50. The summed E-state index contributed by atoms with van der Waals surface area (Å²) < 4.78 is 5.57. The maximum absolute atomic E-state index is 5.57. The summed E-state index contributed by atoms with van der Waals surface area (Å²) in [4.78, 5) is 0. The zero-order chi connectivity index (χ0) is 15.6. The number of unbranched alkanes of at least 4 members (excludes halogenated alkanes) is 13. The van der Waals surface area contributed by atoms with Crippen molar-refractivity contribution in [3.05, 3.63) is 0 Å². The molecule has 0 saturated heterocycles. The summed E-state index contributed by atoms with van der Waals surface area (Å²) in [5.41, 5.74) is 5.51. The van der Waals surface area contributed by atoms with Gasteiger partial charge in [0.1, 0.15) is 0 Å². The maximum Gasteiger partial charge on any atom is 0.0669 e. The molecule has 2 heteroatoms. The van der Waals surface area contributed by atoms with Crippen LogP contribution < -0.4 is 5.73 Å². The highest BCUT2D eigenvalue weighted by molar-refractivity contribution is 4.51. The van der Waals surface area contributed by atoms with Crippen molar-refractivity contribution in [2.75, 3.05) is 13.2 Å². The van der Waals surface area contributed by atoms with E-state index in [2.05, 4.69) is 6.92 Å². The van der Waals surface area contributed by atoms with Gasteiger partial charge in [0.2, 0.25) is 0 Å². The van der Waals surface area contributed by atoms with E-state index in [1.165, 1.54) is 89.9 Å². The minimum Gasteiger partial charge on any atom is -0.377 e. The molecule has 0 saturated carbocycles. The molecule has 0 fully saturated rings. The Morgan fingerprint density at radius 1 is 0.667 bits per heavy atom. The van der Waals surface area contributed by atoms with Gasteiger partial charge in [-0.2, -0.15) is 0 Å². The van der Waals surface area contributed by atoms with Crippen molar-refractivity contribution >= 4 is 0 Å². The van der Waals surface area contributed by atoms with Crippen LogP contribution in [0.3, 0.4) is 0 Å². The van der Waals surface area contributed by atoms with Crippen molar-refractivity contribution in [2.45, 2.75) is 110 Å². The topological polar surface area (TPSA) is 35.2 Å². The standard InChI is InChI=1S/C19H41NO/c1-3-4-5-6-7-8-9-10-11-12-13-14-15-16-17-21-19(2)18-20/h19H,3-18,20H2,1-2H3. The molecular formula is C19H41NO. The van der Waals surface area contributed by atoms with Crippen molar-refractivity contribution in [3.8, 4) is 0 Å². The molecule has 0 aromatic rings. The second-order valence-corrected chi connectivity index (χ2v) is 6.51. The molecule has 0 spiro atoms. The van der Waals surface area contributed by atoms with Gasteiger partial charge < -0.3 is 10.5 Å². The minimum atomic E-state index is 0.229. The molecule has 0 amide bonds. The highest BCUT2D eigenvalue weighted by Crippen LogP contribution is 2.12. The van der Waals surface area contributed by atoms with Crippen molar-refractivity contribution in [1.29, 1.82) is 0 Å². The summed E-state index contributed by atoms with van der Waals surface area (Å²) in [6.07, 6.45) is 19.9. The molecule has 0 aromatic carbocycles. The lowest BCUT2D eigenvalue weighted by Crippen LogP contribution is -2.20. The molecule has 0 aliphatic rings. The van der Waals surface area contributed by atoms with Gasteiger partial charge in [-0.1, -0.05) is 90.4 Å². The molecule has 0 radical (unpaired) electrons. The highest BCUT2D eigenvalue weighted by Gasteiger charge is 1.98. The van der Waals surface area contributed by atoms with Gasteiger partial charge in [-0.3, -0.25) is 0 Å². The molecule has 1 unspecified atom stereocenters. The zero-order valence-corrected chi connectivity index (χ0v) is 14.9. The van der Waals surface area contributed by atoms with Crippen LogP contribution in [0.15, 0.2) is 0 Å². The monoisotopic (exact) mass is 299 g/mol. The Morgan fingerprint density at radius 3 is 1.43 bits per heavy atom. The molecule has 128 valence electrons. The van der Waals surface area contributed by atoms with Crippen LogP contribution in [-0.2, 0) is 4.74 Å². The Hall–Kier alpha value is -0.0800. The van der Waals surface area contributed by atoms with E-state index in [9.17, 15) is 0 Å². The minimum absolute atomic E-state index is 0.229. The molecule has 1 atom stereocenters. The smallest absolute Gasteiger partial charge is 0.0669 e. The van der Waals surface area contributed by atoms with E-state index in [-0.39, 0.29) is 6.10 Å². The van der Waals surface area contributed by atoms with Crippen LogP contribution in [0.1, 0.15) is 104 Å². The summed E-state index contributed by atoms with van der Waals surface area (Å²) in [5, 5.41) is 0. The Morgan fingerprint density at radius 2 is 1.05 bits per heavy atom. The van der Waals surface area contributed by atoms with Gasteiger partial charge >= 0.3 is 0 Å². The van der Waals surface area contributed by atoms with E-state index in [0.29, 0.717) is 6.54 Å². The van der Waals surface area contributed by atoms with Gasteiger partial charge in [-0.05, 0) is 13.3 Å². The normalized spacial score (nSPS) is 12.7. The number of rotatable bonds is 17. The van der Waals surface area contributed by atoms with E-state index < -0.39 is 0 Å². The highest BCUT2D eigenvalue weighted by atomic mass is 16.5. The van der Waals surface area contributed by atoms with Crippen molar-refractivity contribution in [3.63, 3.8) is 0 Å². The fourth-order valence-electron chi connectivity index (χ4n) is 2.65. The molecule has 0 bridgehead atoms. The molecule has 0 aliphatic heterocycles. The average molecular weight is 300 g/mol. The van der Waals surface area contributed by atoms with Crippen LogP contribution in [0, 0.1) is 0 Å². The Kier molecular flexibility index (Phi) is 17.9. The van der Waals surface area contributed by atoms with Crippen LogP contribution in [-0.4, -0.2) is 19.3 Å². The molecule has 2 nitrogen and oxygen atoms in total. The predicted molar refractivity (Wildman–Crippen MR) is 94.8 cm³/mol. The molecular weight excluding hydrogens is 258 g/mol. The number of hydrogen-bond acceptors (Lipinski definition) is 2. The fourth-order valence-corrected chi connectivity index (χ4v) is 2.65. The van der Waals surface area contributed by atoms with Crippen LogP contribution in [0.5, 0.6) is 0 Å². The molecule has 21 heavy (non-hydrogen) atoms. The van der Waals surface area contributed by atoms with Crippen LogP contribution >= 0.6 is 0 Å². The van der Waals surface area contributed by atoms with Gasteiger partial charge in [0.15, 0.2) is 0 Å². The first-order valence-corrected chi connectivity index (χ1v) is 9.63. The van der Waals surface area contributed by atoms with Crippen LogP contribution in [0.4, 0.5) is 0 Å². The first-order chi connectivity index (χ1) is 10.3. The Bertz CT molecular complexity index is 184.